The van der Waals surface area contributed by atoms with E-state index in [1.165, 1.54) is 75.3 Å². The van der Waals surface area contributed by atoms with E-state index in [0.29, 0.717) is 0 Å². The predicted molar refractivity (Wildman–Crippen MR) is 127 cm³/mol. The minimum atomic E-state index is 0.770. The van der Waals surface area contributed by atoms with Gasteiger partial charge in [0, 0.05) is 0 Å². The van der Waals surface area contributed by atoms with Crippen LogP contribution in [-0.2, 0) is 0 Å². The van der Waals surface area contributed by atoms with Gasteiger partial charge in [0.1, 0.15) is 0 Å². The van der Waals surface area contributed by atoms with Gasteiger partial charge in [0.05, 0.1) is 13.2 Å². The van der Waals surface area contributed by atoms with Gasteiger partial charge in [-0.05, 0) is 52.9 Å². The van der Waals surface area contributed by atoms with Crippen LogP contribution < -0.4 is 9.47 Å². The third kappa shape index (κ3) is 9.71. The largest absolute Gasteiger partial charge is 0.490 e. The van der Waals surface area contributed by atoms with E-state index < -0.39 is 0 Å². The van der Waals surface area contributed by atoms with Crippen molar-refractivity contribution in [2.75, 3.05) is 13.2 Å². The molecular formula is C26H40O2S. The maximum Gasteiger partial charge on any atom is 0.161 e. The quantitative estimate of drug-likeness (QED) is 0.240. The number of benzene rings is 1. The summed E-state index contributed by atoms with van der Waals surface area (Å²) in [6, 6.07) is 8.54. The Labute approximate surface area is 182 Å². The van der Waals surface area contributed by atoms with Crippen molar-refractivity contribution in [3.63, 3.8) is 0 Å². The minimum absolute atomic E-state index is 0.770. The van der Waals surface area contributed by atoms with Crippen molar-refractivity contribution in [3.05, 3.63) is 35.0 Å². The van der Waals surface area contributed by atoms with Gasteiger partial charge in [0.25, 0.3) is 0 Å². The van der Waals surface area contributed by atoms with Gasteiger partial charge in [-0.15, -0.1) is 0 Å². The fraction of sp³-hybridized carbons (Fsp3) is 0.615. The summed E-state index contributed by atoms with van der Waals surface area (Å²) in [4.78, 5) is 0. The van der Waals surface area contributed by atoms with Crippen LogP contribution in [0.15, 0.2) is 35.0 Å². The molecule has 0 N–H and O–H groups in total. The van der Waals surface area contributed by atoms with Gasteiger partial charge in [-0.1, -0.05) is 84.1 Å². The molecule has 0 unspecified atom stereocenters. The van der Waals surface area contributed by atoms with E-state index in [1.54, 1.807) is 11.3 Å². The van der Waals surface area contributed by atoms with E-state index in [2.05, 4.69) is 48.9 Å². The Bertz CT molecular complexity index is 636. The second kappa shape index (κ2) is 15.4. The SMILES string of the molecule is CCCCCCCCOc1ccc(-c2ccsc2)cc1OCCCCCCCC. The summed E-state index contributed by atoms with van der Waals surface area (Å²) >= 11 is 1.73. The van der Waals surface area contributed by atoms with Crippen LogP contribution in [0.5, 0.6) is 11.5 Å². The lowest BCUT2D eigenvalue weighted by Gasteiger charge is -2.14. The molecule has 2 rings (SSSR count). The van der Waals surface area contributed by atoms with Crippen molar-refractivity contribution in [1.29, 1.82) is 0 Å². The molecular weight excluding hydrogens is 376 g/mol. The summed E-state index contributed by atoms with van der Waals surface area (Å²) in [7, 11) is 0. The Morgan fingerprint density at radius 3 is 1.79 bits per heavy atom. The lowest BCUT2D eigenvalue weighted by molar-refractivity contribution is 0.258. The lowest BCUT2D eigenvalue weighted by Crippen LogP contribution is -2.03. The summed E-state index contributed by atoms with van der Waals surface area (Å²) in [6.45, 7) is 6.07. The van der Waals surface area contributed by atoms with Crippen LogP contribution in [0.3, 0.4) is 0 Å². The molecule has 1 aromatic carbocycles. The van der Waals surface area contributed by atoms with Gasteiger partial charge in [0.2, 0.25) is 0 Å². The monoisotopic (exact) mass is 416 g/mol. The number of rotatable bonds is 17. The van der Waals surface area contributed by atoms with Crippen molar-refractivity contribution in [1.82, 2.24) is 0 Å². The average molecular weight is 417 g/mol. The summed E-state index contributed by atoms with van der Waals surface area (Å²) in [5, 5.41) is 4.30. The standard InChI is InChI=1S/C26H40O2S/c1-3-5-7-9-11-13-18-27-25-16-15-23(24-17-20-29-22-24)21-26(25)28-19-14-12-10-8-6-4-2/h15-17,20-22H,3-14,18-19H2,1-2H3. The maximum absolute atomic E-state index is 6.17. The molecule has 2 aromatic rings. The molecule has 3 heteroatoms. The zero-order valence-corrected chi connectivity index (χ0v) is 19.4. The molecule has 0 aliphatic carbocycles. The third-order valence-corrected chi connectivity index (χ3v) is 5.99. The lowest BCUT2D eigenvalue weighted by atomic mass is 10.1. The molecule has 0 saturated heterocycles. The van der Waals surface area contributed by atoms with Gasteiger partial charge in [-0.25, -0.2) is 0 Å². The maximum atomic E-state index is 6.17. The normalized spacial score (nSPS) is 11.0. The highest BCUT2D eigenvalue weighted by molar-refractivity contribution is 7.08. The summed E-state index contributed by atoms with van der Waals surface area (Å²) in [5.41, 5.74) is 2.46. The third-order valence-electron chi connectivity index (χ3n) is 5.31. The first-order chi connectivity index (χ1) is 14.3. The first-order valence-corrected chi connectivity index (χ1v) is 12.7. The van der Waals surface area contributed by atoms with E-state index in [-0.39, 0.29) is 0 Å². The number of thiophene rings is 1. The zero-order chi connectivity index (χ0) is 20.6. The highest BCUT2D eigenvalue weighted by Crippen LogP contribution is 2.34. The average Bonchev–Trinajstić information content (AvgIpc) is 3.28. The summed E-state index contributed by atoms with van der Waals surface area (Å²) < 4.78 is 12.3. The van der Waals surface area contributed by atoms with Crippen LogP contribution >= 0.6 is 11.3 Å². The molecule has 0 bridgehead atoms. The molecule has 162 valence electrons. The van der Waals surface area contributed by atoms with Gasteiger partial charge >= 0.3 is 0 Å². The molecule has 0 saturated carbocycles. The molecule has 1 aromatic heterocycles. The van der Waals surface area contributed by atoms with Crippen LogP contribution in [0.2, 0.25) is 0 Å². The van der Waals surface area contributed by atoms with Crippen molar-refractivity contribution in [2.24, 2.45) is 0 Å². The first kappa shape index (κ1) is 23.8. The Morgan fingerprint density at radius 2 is 1.21 bits per heavy atom. The van der Waals surface area contributed by atoms with E-state index in [9.17, 15) is 0 Å². The molecule has 0 amide bonds. The van der Waals surface area contributed by atoms with Gasteiger partial charge < -0.3 is 9.47 Å². The van der Waals surface area contributed by atoms with E-state index in [1.807, 2.05) is 0 Å². The van der Waals surface area contributed by atoms with E-state index in [4.69, 9.17) is 9.47 Å². The molecule has 29 heavy (non-hydrogen) atoms. The van der Waals surface area contributed by atoms with Crippen LogP contribution in [0.1, 0.15) is 90.9 Å². The molecule has 0 spiro atoms. The van der Waals surface area contributed by atoms with Crippen molar-refractivity contribution >= 4 is 11.3 Å². The molecule has 1 heterocycles. The number of hydrogen-bond acceptors (Lipinski definition) is 3. The van der Waals surface area contributed by atoms with Crippen LogP contribution in [0, 0.1) is 0 Å². The Kier molecular flexibility index (Phi) is 12.6. The second-order valence-corrected chi connectivity index (χ2v) is 8.69. The van der Waals surface area contributed by atoms with Crippen molar-refractivity contribution in [3.8, 4) is 22.6 Å². The Hall–Kier alpha value is -1.48. The van der Waals surface area contributed by atoms with Crippen LogP contribution in [0.25, 0.3) is 11.1 Å². The number of hydrogen-bond donors (Lipinski definition) is 0. The molecule has 2 nitrogen and oxygen atoms in total. The van der Waals surface area contributed by atoms with E-state index in [0.717, 1.165) is 37.6 Å². The first-order valence-electron chi connectivity index (χ1n) is 11.8. The van der Waals surface area contributed by atoms with E-state index >= 15 is 0 Å². The smallest absolute Gasteiger partial charge is 0.161 e. The fourth-order valence-corrected chi connectivity index (χ4v) is 4.14. The van der Waals surface area contributed by atoms with Crippen LogP contribution in [0.4, 0.5) is 0 Å². The van der Waals surface area contributed by atoms with Crippen molar-refractivity contribution in [2.45, 2.75) is 90.9 Å². The predicted octanol–water partition coefficient (Wildman–Crippen LogP) is 8.89. The summed E-state index contributed by atoms with van der Waals surface area (Å²) in [6.07, 6.45) is 15.3. The highest BCUT2D eigenvalue weighted by Gasteiger charge is 2.09. The van der Waals surface area contributed by atoms with Gasteiger partial charge in [0.15, 0.2) is 11.5 Å². The molecule has 0 aliphatic heterocycles. The van der Waals surface area contributed by atoms with Gasteiger partial charge in [-0.2, -0.15) is 11.3 Å². The minimum Gasteiger partial charge on any atom is -0.490 e. The molecule has 0 fully saturated rings. The Morgan fingerprint density at radius 1 is 0.621 bits per heavy atom. The molecule has 0 aliphatic rings. The second-order valence-electron chi connectivity index (χ2n) is 7.91. The molecule has 0 atom stereocenters. The van der Waals surface area contributed by atoms with Crippen molar-refractivity contribution < 1.29 is 9.47 Å². The topological polar surface area (TPSA) is 18.5 Å². The Balaban J connectivity index is 1.84. The summed E-state index contributed by atoms with van der Waals surface area (Å²) in [5.74, 6) is 1.79. The molecule has 0 radical (unpaired) electrons. The zero-order valence-electron chi connectivity index (χ0n) is 18.6. The number of ether oxygens (including phenoxy) is 2. The van der Waals surface area contributed by atoms with Gasteiger partial charge in [-0.3, -0.25) is 0 Å². The number of unbranched alkanes of at least 4 members (excludes halogenated alkanes) is 10. The fourth-order valence-electron chi connectivity index (χ4n) is 3.48. The highest BCUT2D eigenvalue weighted by atomic mass is 32.1. The van der Waals surface area contributed by atoms with Crippen LogP contribution in [-0.4, -0.2) is 13.2 Å².